The molecule has 1 N–H and O–H groups in total. The fourth-order valence-corrected chi connectivity index (χ4v) is 10.5. The van der Waals surface area contributed by atoms with Crippen LogP contribution in [0.4, 0.5) is 0 Å². The Morgan fingerprint density at radius 1 is 0.818 bits per heavy atom. The van der Waals surface area contributed by atoms with Gasteiger partial charge in [0.25, 0.3) is 0 Å². The molecule has 0 saturated heterocycles. The number of hydrogen-bond donors (Lipinski definition) is 1. The SMILES string of the molecule is CC(C)CCC[C@@H](C)[C@H]1CC[C@H]2[C@@H]3CC[C@@H]4C[C@@](O)(CC(C)(C)C)CC[C@]4(C)[C@H]3CC[C@]12C. The van der Waals surface area contributed by atoms with Crippen molar-refractivity contribution in [3.8, 4) is 0 Å². The summed E-state index contributed by atoms with van der Waals surface area (Å²) < 4.78 is 0. The maximum atomic E-state index is 11.5. The van der Waals surface area contributed by atoms with Crippen molar-refractivity contribution in [1.82, 2.24) is 0 Å². The number of aliphatic hydroxyl groups is 1. The molecule has 9 atom stereocenters. The van der Waals surface area contributed by atoms with Crippen molar-refractivity contribution >= 4 is 0 Å². The molecule has 0 heterocycles. The van der Waals surface area contributed by atoms with Gasteiger partial charge in [0.15, 0.2) is 0 Å². The Balaban J connectivity index is 1.45. The lowest BCUT2D eigenvalue weighted by Gasteiger charge is -2.62. The first-order chi connectivity index (χ1) is 15.3. The number of fused-ring (bicyclic) bond motifs is 5. The molecular weight excluding hydrogens is 400 g/mol. The molecule has 192 valence electrons. The highest BCUT2D eigenvalue weighted by Gasteiger charge is 2.61. The van der Waals surface area contributed by atoms with Gasteiger partial charge < -0.3 is 5.11 Å². The zero-order valence-electron chi connectivity index (χ0n) is 23.7. The Hall–Kier alpha value is -0.0400. The molecule has 0 radical (unpaired) electrons. The summed E-state index contributed by atoms with van der Waals surface area (Å²) >= 11 is 0. The lowest BCUT2D eigenvalue weighted by Crippen LogP contribution is -2.56. The molecule has 0 amide bonds. The predicted octanol–water partition coefficient (Wildman–Crippen LogP) is 9.28. The van der Waals surface area contributed by atoms with Gasteiger partial charge in [-0.15, -0.1) is 0 Å². The van der Waals surface area contributed by atoms with Gasteiger partial charge in [-0.1, -0.05) is 74.7 Å². The number of hydrogen-bond acceptors (Lipinski definition) is 1. The first-order valence-corrected chi connectivity index (χ1v) is 15.0. The fraction of sp³-hybridized carbons (Fsp3) is 1.00. The van der Waals surface area contributed by atoms with Crippen LogP contribution in [0.15, 0.2) is 0 Å². The summed E-state index contributed by atoms with van der Waals surface area (Å²) in [5.41, 5.74) is 0.887. The van der Waals surface area contributed by atoms with E-state index in [0.717, 1.165) is 60.7 Å². The monoisotopic (exact) mass is 458 g/mol. The Kier molecular flexibility index (Phi) is 7.19. The van der Waals surface area contributed by atoms with E-state index in [0.29, 0.717) is 10.8 Å². The van der Waals surface area contributed by atoms with Gasteiger partial charge in [-0.25, -0.2) is 0 Å². The third-order valence-corrected chi connectivity index (χ3v) is 11.9. The molecule has 1 heteroatoms. The van der Waals surface area contributed by atoms with Crippen LogP contribution in [-0.4, -0.2) is 10.7 Å². The summed E-state index contributed by atoms with van der Waals surface area (Å²) in [5.74, 6) is 6.33. The Morgan fingerprint density at radius 3 is 2.18 bits per heavy atom. The van der Waals surface area contributed by atoms with Gasteiger partial charge in [0, 0.05) is 0 Å². The van der Waals surface area contributed by atoms with E-state index >= 15 is 0 Å². The quantitative estimate of drug-likeness (QED) is 0.420. The third kappa shape index (κ3) is 4.97. The van der Waals surface area contributed by atoms with Crippen molar-refractivity contribution < 1.29 is 5.11 Å². The molecule has 0 aromatic rings. The van der Waals surface area contributed by atoms with Gasteiger partial charge in [-0.05, 0) is 122 Å². The van der Waals surface area contributed by atoms with E-state index in [1.807, 2.05) is 0 Å². The lowest BCUT2D eigenvalue weighted by molar-refractivity contribution is -0.158. The zero-order chi connectivity index (χ0) is 24.2. The summed E-state index contributed by atoms with van der Waals surface area (Å²) in [4.78, 5) is 0. The fourth-order valence-electron chi connectivity index (χ4n) is 10.5. The second-order valence-corrected chi connectivity index (χ2v) is 15.9. The molecule has 4 aliphatic rings. The molecule has 4 aliphatic carbocycles. The van der Waals surface area contributed by atoms with E-state index in [-0.39, 0.29) is 5.41 Å². The third-order valence-electron chi connectivity index (χ3n) is 11.9. The lowest BCUT2D eigenvalue weighted by atomic mass is 9.43. The van der Waals surface area contributed by atoms with E-state index < -0.39 is 5.60 Å². The smallest absolute Gasteiger partial charge is 0.0655 e. The van der Waals surface area contributed by atoms with Gasteiger partial charge in [0.1, 0.15) is 0 Å². The Morgan fingerprint density at radius 2 is 1.52 bits per heavy atom. The van der Waals surface area contributed by atoms with Crippen LogP contribution in [0.25, 0.3) is 0 Å². The molecule has 33 heavy (non-hydrogen) atoms. The second-order valence-electron chi connectivity index (χ2n) is 15.9. The van der Waals surface area contributed by atoms with Crippen LogP contribution in [0, 0.1) is 57.7 Å². The second kappa shape index (κ2) is 9.12. The van der Waals surface area contributed by atoms with Crippen molar-refractivity contribution in [3.05, 3.63) is 0 Å². The summed E-state index contributed by atoms with van der Waals surface area (Å²) in [5, 5.41) is 11.5. The average molecular weight is 459 g/mol. The maximum absolute atomic E-state index is 11.5. The van der Waals surface area contributed by atoms with Crippen molar-refractivity contribution in [3.63, 3.8) is 0 Å². The minimum Gasteiger partial charge on any atom is -0.390 e. The summed E-state index contributed by atoms with van der Waals surface area (Å²) in [6.07, 6.45) is 17.4. The van der Waals surface area contributed by atoms with E-state index in [9.17, 15) is 5.11 Å². The molecule has 4 rings (SSSR count). The van der Waals surface area contributed by atoms with Crippen molar-refractivity contribution in [1.29, 1.82) is 0 Å². The molecule has 1 nitrogen and oxygen atoms in total. The van der Waals surface area contributed by atoms with Gasteiger partial charge in [-0.3, -0.25) is 0 Å². The highest BCUT2D eigenvalue weighted by Crippen LogP contribution is 2.69. The van der Waals surface area contributed by atoms with Crippen LogP contribution in [0.1, 0.15) is 139 Å². The maximum Gasteiger partial charge on any atom is 0.0655 e. The van der Waals surface area contributed by atoms with Crippen LogP contribution < -0.4 is 0 Å². The molecule has 0 bridgehead atoms. The molecule has 0 spiro atoms. The summed E-state index contributed by atoms with van der Waals surface area (Å²) in [7, 11) is 0. The average Bonchev–Trinajstić information content (AvgIpc) is 3.04. The molecule has 0 aromatic carbocycles. The minimum absolute atomic E-state index is 0.219. The highest BCUT2D eigenvalue weighted by atomic mass is 16.3. The van der Waals surface area contributed by atoms with Crippen LogP contribution >= 0.6 is 0 Å². The summed E-state index contributed by atoms with van der Waals surface area (Å²) in [6, 6.07) is 0. The molecular formula is C32H58O. The van der Waals surface area contributed by atoms with Gasteiger partial charge in [-0.2, -0.15) is 0 Å². The largest absolute Gasteiger partial charge is 0.390 e. The van der Waals surface area contributed by atoms with E-state index in [1.54, 1.807) is 0 Å². The molecule has 0 aromatic heterocycles. The standard InChI is InChI=1S/C32H58O/c1-22(2)10-9-11-23(3)26-14-15-27-25-13-12-24-20-32(33,21-29(4,5)6)19-18-30(24,7)28(25)16-17-31(26,27)8/h22-28,33H,9-21H2,1-8H3/t23-,24-,25+,26-,27+,28+,30+,31-,32-/m1/s1. The predicted molar refractivity (Wildman–Crippen MR) is 142 cm³/mol. The normalized spacial score (nSPS) is 46.5. The topological polar surface area (TPSA) is 20.2 Å². The number of rotatable bonds is 6. The highest BCUT2D eigenvalue weighted by molar-refractivity contribution is 5.11. The molecule has 4 fully saturated rings. The molecule has 0 unspecified atom stereocenters. The molecule has 0 aliphatic heterocycles. The first kappa shape index (κ1) is 26.0. The summed E-state index contributed by atoms with van der Waals surface area (Å²) in [6.45, 7) is 19.7. The van der Waals surface area contributed by atoms with Gasteiger partial charge in [0.05, 0.1) is 5.60 Å². The van der Waals surface area contributed by atoms with Crippen molar-refractivity contribution in [2.45, 2.75) is 144 Å². The van der Waals surface area contributed by atoms with Gasteiger partial charge >= 0.3 is 0 Å². The van der Waals surface area contributed by atoms with Gasteiger partial charge in [0.2, 0.25) is 0 Å². The van der Waals surface area contributed by atoms with E-state index in [1.165, 1.54) is 64.2 Å². The van der Waals surface area contributed by atoms with Crippen LogP contribution in [0.5, 0.6) is 0 Å². The van der Waals surface area contributed by atoms with E-state index in [4.69, 9.17) is 0 Å². The van der Waals surface area contributed by atoms with Crippen LogP contribution in [0.2, 0.25) is 0 Å². The Labute approximate surface area is 207 Å². The van der Waals surface area contributed by atoms with Crippen molar-refractivity contribution in [2.75, 3.05) is 0 Å². The van der Waals surface area contributed by atoms with E-state index in [2.05, 4.69) is 55.4 Å². The van der Waals surface area contributed by atoms with Crippen molar-refractivity contribution in [2.24, 2.45) is 57.7 Å². The minimum atomic E-state index is -0.414. The molecule has 4 saturated carbocycles. The Bertz CT molecular complexity index is 674. The van der Waals surface area contributed by atoms with Crippen LogP contribution in [-0.2, 0) is 0 Å². The van der Waals surface area contributed by atoms with Crippen LogP contribution in [0.3, 0.4) is 0 Å². The zero-order valence-corrected chi connectivity index (χ0v) is 23.7. The first-order valence-electron chi connectivity index (χ1n) is 15.0.